The second kappa shape index (κ2) is 6.11. The highest BCUT2D eigenvalue weighted by molar-refractivity contribution is 9.10. The minimum Gasteiger partial charge on any atom is -0.308 e. The molecule has 0 aliphatic rings. The molecule has 0 N–H and O–H groups in total. The molecule has 0 atom stereocenters. The zero-order valence-corrected chi connectivity index (χ0v) is 15.5. The molecule has 0 fully saturated rings. The Morgan fingerprint density at radius 2 is 1.46 bits per heavy atom. The van der Waals surface area contributed by atoms with Crippen LogP contribution < -0.4 is 0 Å². The first kappa shape index (κ1) is 15.4. The summed E-state index contributed by atoms with van der Waals surface area (Å²) in [4.78, 5) is 4.36. The maximum absolute atomic E-state index is 4.36. The molecule has 0 amide bonds. The van der Waals surface area contributed by atoms with Gasteiger partial charge in [0.2, 0.25) is 0 Å². The zero-order chi connectivity index (χ0) is 17.5. The lowest BCUT2D eigenvalue weighted by atomic mass is 10.0. The van der Waals surface area contributed by atoms with Gasteiger partial charge in [-0.1, -0.05) is 52.3 Å². The van der Waals surface area contributed by atoms with Gasteiger partial charge in [0.05, 0.1) is 17.2 Å². The number of hydrogen-bond donors (Lipinski definition) is 0. The van der Waals surface area contributed by atoms with Gasteiger partial charge in [0.1, 0.15) is 0 Å². The molecule has 5 aromatic rings. The minimum atomic E-state index is 1.09. The molecule has 3 heteroatoms. The molecule has 0 saturated carbocycles. The van der Waals surface area contributed by atoms with Crippen molar-refractivity contribution in [3.05, 3.63) is 95.7 Å². The van der Waals surface area contributed by atoms with Crippen LogP contribution in [-0.4, -0.2) is 9.55 Å². The molecule has 2 nitrogen and oxygen atoms in total. The van der Waals surface area contributed by atoms with E-state index in [1.165, 1.54) is 27.4 Å². The van der Waals surface area contributed by atoms with Crippen LogP contribution in [0.25, 0.3) is 38.6 Å². The van der Waals surface area contributed by atoms with Crippen LogP contribution in [0.2, 0.25) is 0 Å². The van der Waals surface area contributed by atoms with Crippen LogP contribution in [0.3, 0.4) is 0 Å². The molecule has 0 radical (unpaired) electrons. The van der Waals surface area contributed by atoms with Crippen LogP contribution in [0.5, 0.6) is 0 Å². The zero-order valence-electron chi connectivity index (χ0n) is 13.9. The molecule has 0 unspecified atom stereocenters. The number of para-hydroxylation sites is 1. The van der Waals surface area contributed by atoms with Gasteiger partial charge in [-0.15, -0.1) is 0 Å². The first-order valence-corrected chi connectivity index (χ1v) is 9.30. The molecule has 0 spiro atoms. The number of fused-ring (bicyclic) bond motifs is 3. The van der Waals surface area contributed by atoms with Crippen molar-refractivity contribution in [2.45, 2.75) is 0 Å². The highest BCUT2D eigenvalue weighted by Gasteiger charge is 2.13. The summed E-state index contributed by atoms with van der Waals surface area (Å²) in [6.45, 7) is 0. The van der Waals surface area contributed by atoms with E-state index in [-0.39, 0.29) is 0 Å². The van der Waals surface area contributed by atoms with Crippen molar-refractivity contribution >= 4 is 37.7 Å². The van der Waals surface area contributed by atoms with E-state index in [1.807, 2.05) is 18.5 Å². The van der Waals surface area contributed by atoms with Crippen molar-refractivity contribution in [2.75, 3.05) is 0 Å². The molecule has 0 aliphatic heterocycles. The van der Waals surface area contributed by atoms with Crippen molar-refractivity contribution in [1.82, 2.24) is 9.55 Å². The second-order valence-corrected chi connectivity index (χ2v) is 7.22. The Kier molecular flexibility index (Phi) is 3.61. The van der Waals surface area contributed by atoms with Gasteiger partial charge < -0.3 is 4.57 Å². The number of benzene rings is 3. The van der Waals surface area contributed by atoms with Crippen LogP contribution in [0.4, 0.5) is 0 Å². The van der Waals surface area contributed by atoms with Crippen LogP contribution in [0, 0.1) is 0 Å². The van der Waals surface area contributed by atoms with E-state index in [9.17, 15) is 0 Å². The first-order valence-electron chi connectivity index (χ1n) is 8.51. The number of halogens is 1. The van der Waals surface area contributed by atoms with Crippen LogP contribution >= 0.6 is 15.9 Å². The van der Waals surface area contributed by atoms with Gasteiger partial charge in [-0.25, -0.2) is 0 Å². The van der Waals surface area contributed by atoms with Crippen LogP contribution in [0.1, 0.15) is 0 Å². The van der Waals surface area contributed by atoms with Gasteiger partial charge in [0.15, 0.2) is 0 Å². The Hall–Kier alpha value is -2.91. The van der Waals surface area contributed by atoms with E-state index in [0.717, 1.165) is 15.7 Å². The third-order valence-corrected chi connectivity index (χ3v) is 5.29. The van der Waals surface area contributed by atoms with E-state index in [0.29, 0.717) is 0 Å². The van der Waals surface area contributed by atoms with Gasteiger partial charge in [0.25, 0.3) is 0 Å². The Morgan fingerprint density at radius 3 is 2.27 bits per heavy atom. The highest BCUT2D eigenvalue weighted by Crippen LogP contribution is 2.34. The summed E-state index contributed by atoms with van der Waals surface area (Å²) in [5.41, 5.74) is 5.90. The molecule has 2 heterocycles. The van der Waals surface area contributed by atoms with Gasteiger partial charge in [-0.2, -0.15) is 0 Å². The lowest BCUT2D eigenvalue weighted by Gasteiger charge is -2.08. The number of hydrogen-bond acceptors (Lipinski definition) is 1. The quantitative estimate of drug-likeness (QED) is 0.327. The third-order valence-electron chi connectivity index (χ3n) is 4.76. The van der Waals surface area contributed by atoms with Gasteiger partial charge in [0, 0.05) is 27.1 Å². The Bertz CT molecular complexity index is 1220. The predicted octanol–water partition coefficient (Wildman–Crippen LogP) is 6.61. The lowest BCUT2D eigenvalue weighted by Crippen LogP contribution is -1.93. The normalized spacial score (nSPS) is 11.3. The fourth-order valence-corrected chi connectivity index (χ4v) is 3.81. The van der Waals surface area contributed by atoms with E-state index >= 15 is 0 Å². The summed E-state index contributed by atoms with van der Waals surface area (Å²) in [6, 6.07) is 27.7. The lowest BCUT2D eigenvalue weighted by molar-refractivity contribution is 1.17. The van der Waals surface area contributed by atoms with E-state index in [4.69, 9.17) is 0 Å². The minimum absolute atomic E-state index is 1.09. The number of aromatic nitrogens is 2. The molecule has 0 aliphatic carbocycles. The molecule has 0 saturated heterocycles. The molecule has 5 rings (SSSR count). The maximum atomic E-state index is 4.36. The Balaban J connectivity index is 1.82. The predicted molar refractivity (Wildman–Crippen MR) is 112 cm³/mol. The Morgan fingerprint density at radius 1 is 0.692 bits per heavy atom. The molecular formula is C23H15BrN2. The summed E-state index contributed by atoms with van der Waals surface area (Å²) in [7, 11) is 0. The third kappa shape index (κ3) is 2.44. The fraction of sp³-hybridized carbons (Fsp3) is 0. The van der Waals surface area contributed by atoms with E-state index < -0.39 is 0 Å². The maximum Gasteiger partial charge on any atom is 0.0724 e. The van der Waals surface area contributed by atoms with Gasteiger partial charge in [-0.05, 0) is 53.6 Å². The van der Waals surface area contributed by atoms with E-state index in [2.05, 4.69) is 98.3 Å². The highest BCUT2D eigenvalue weighted by atomic mass is 79.9. The smallest absolute Gasteiger partial charge is 0.0724 e. The average molecular weight is 399 g/mol. The SMILES string of the molecule is Brc1ccc(-c2ccc3c(c2)c2ccncc2n3-c2ccccc2)cc1. The summed E-state index contributed by atoms with van der Waals surface area (Å²) in [5, 5.41) is 2.46. The van der Waals surface area contributed by atoms with Gasteiger partial charge >= 0.3 is 0 Å². The molecule has 124 valence electrons. The largest absolute Gasteiger partial charge is 0.308 e. The van der Waals surface area contributed by atoms with Crippen molar-refractivity contribution in [3.63, 3.8) is 0 Å². The van der Waals surface area contributed by atoms with E-state index in [1.54, 1.807) is 0 Å². The number of nitrogens with zero attached hydrogens (tertiary/aromatic N) is 2. The standard InChI is InChI=1S/C23H15BrN2/c24-18-9-6-16(7-10-18)17-8-11-22-21(14-17)20-12-13-25-15-23(20)26(22)19-4-2-1-3-5-19/h1-15H. The van der Waals surface area contributed by atoms with Crippen molar-refractivity contribution in [3.8, 4) is 16.8 Å². The van der Waals surface area contributed by atoms with Crippen molar-refractivity contribution < 1.29 is 0 Å². The molecule has 2 aromatic heterocycles. The van der Waals surface area contributed by atoms with Gasteiger partial charge in [-0.3, -0.25) is 4.98 Å². The monoisotopic (exact) mass is 398 g/mol. The van der Waals surface area contributed by atoms with Crippen molar-refractivity contribution in [2.24, 2.45) is 0 Å². The topological polar surface area (TPSA) is 17.8 Å². The summed E-state index contributed by atoms with van der Waals surface area (Å²) in [5.74, 6) is 0. The summed E-state index contributed by atoms with van der Waals surface area (Å²) < 4.78 is 3.37. The average Bonchev–Trinajstić information content (AvgIpc) is 3.03. The molecule has 26 heavy (non-hydrogen) atoms. The number of rotatable bonds is 2. The second-order valence-electron chi connectivity index (χ2n) is 6.30. The molecule has 3 aromatic carbocycles. The molecule has 0 bridgehead atoms. The summed E-state index contributed by atoms with van der Waals surface area (Å²) >= 11 is 3.51. The van der Waals surface area contributed by atoms with Crippen molar-refractivity contribution in [1.29, 1.82) is 0 Å². The fourth-order valence-electron chi connectivity index (χ4n) is 3.55. The number of pyridine rings is 1. The van der Waals surface area contributed by atoms with Crippen LogP contribution in [-0.2, 0) is 0 Å². The van der Waals surface area contributed by atoms with Crippen LogP contribution in [0.15, 0.2) is 95.7 Å². The summed E-state index contributed by atoms with van der Waals surface area (Å²) in [6.07, 6.45) is 3.81. The Labute approximate surface area is 159 Å². The molecular weight excluding hydrogens is 384 g/mol. The first-order chi connectivity index (χ1) is 12.8.